The first-order valence-corrected chi connectivity index (χ1v) is 6.27. The maximum Gasteiger partial charge on any atom is 0.150 e. The molecule has 0 aliphatic carbocycles. The Morgan fingerprint density at radius 1 is 1.00 bits per heavy atom. The molecule has 18 heavy (non-hydrogen) atoms. The highest BCUT2D eigenvalue weighted by molar-refractivity contribution is 5.79. The Kier molecular flexibility index (Phi) is 3.61. The van der Waals surface area contributed by atoms with Crippen molar-refractivity contribution in [2.75, 3.05) is 0 Å². The molecule has 1 heteroatoms. The zero-order valence-corrected chi connectivity index (χ0v) is 11.1. The molecular weight excluding hydrogens is 220 g/mol. The van der Waals surface area contributed by atoms with Crippen LogP contribution in [0.3, 0.4) is 0 Å². The summed E-state index contributed by atoms with van der Waals surface area (Å²) in [7, 11) is 0. The summed E-state index contributed by atoms with van der Waals surface area (Å²) in [5, 5.41) is 0. The van der Waals surface area contributed by atoms with Crippen molar-refractivity contribution >= 4 is 6.29 Å². The minimum atomic E-state index is 0.514. The summed E-state index contributed by atoms with van der Waals surface area (Å²) in [6.45, 7) is 6.39. The fraction of sp³-hybridized carbons (Fsp3) is 0.235. The Bertz CT molecular complexity index is 568. The molecule has 0 N–H and O–H groups in total. The van der Waals surface area contributed by atoms with Gasteiger partial charge in [-0.3, -0.25) is 4.79 Å². The van der Waals surface area contributed by atoms with Crippen molar-refractivity contribution in [3.63, 3.8) is 0 Å². The number of carbonyl (C=O) groups excluding carboxylic acids is 1. The number of hydrogen-bond acceptors (Lipinski definition) is 1. The normalized spacial score (nSPS) is 10.7. The Hall–Kier alpha value is -1.89. The van der Waals surface area contributed by atoms with Crippen LogP contribution >= 0.6 is 0 Å². The van der Waals surface area contributed by atoms with Gasteiger partial charge in [0.1, 0.15) is 6.29 Å². The smallest absolute Gasteiger partial charge is 0.150 e. The van der Waals surface area contributed by atoms with Crippen LogP contribution in [0.2, 0.25) is 0 Å². The lowest BCUT2D eigenvalue weighted by Gasteiger charge is -2.09. The zero-order chi connectivity index (χ0) is 13.1. The van der Waals surface area contributed by atoms with Crippen LogP contribution in [0.15, 0.2) is 42.5 Å². The molecule has 0 unspecified atom stereocenters. The predicted octanol–water partition coefficient (Wildman–Crippen LogP) is 4.60. The number of aryl methyl sites for hydroxylation is 1. The summed E-state index contributed by atoms with van der Waals surface area (Å²) < 4.78 is 0. The van der Waals surface area contributed by atoms with Crippen molar-refractivity contribution in [2.45, 2.75) is 26.7 Å². The molecule has 1 nitrogen and oxygen atoms in total. The monoisotopic (exact) mass is 238 g/mol. The number of aldehydes is 1. The fourth-order valence-electron chi connectivity index (χ4n) is 2.12. The molecule has 0 atom stereocenters. The van der Waals surface area contributed by atoms with Gasteiger partial charge in [0.15, 0.2) is 0 Å². The Labute approximate surface area is 108 Å². The Balaban J connectivity index is 2.51. The molecular formula is C17H18O. The molecule has 92 valence electrons. The van der Waals surface area contributed by atoms with Gasteiger partial charge in [0.25, 0.3) is 0 Å². The molecule has 0 fully saturated rings. The zero-order valence-electron chi connectivity index (χ0n) is 11.1. The average Bonchev–Trinajstić information content (AvgIpc) is 2.38. The van der Waals surface area contributed by atoms with Crippen LogP contribution in [0.5, 0.6) is 0 Å². The third-order valence-electron chi connectivity index (χ3n) is 3.12. The maximum atomic E-state index is 10.9. The third kappa shape index (κ3) is 2.67. The van der Waals surface area contributed by atoms with Gasteiger partial charge in [0.05, 0.1) is 0 Å². The van der Waals surface area contributed by atoms with Crippen LogP contribution in [0.1, 0.15) is 41.3 Å². The summed E-state index contributed by atoms with van der Waals surface area (Å²) in [4.78, 5) is 10.9. The average molecular weight is 238 g/mol. The van der Waals surface area contributed by atoms with Crippen molar-refractivity contribution in [3.8, 4) is 11.1 Å². The highest BCUT2D eigenvalue weighted by atomic mass is 16.1. The van der Waals surface area contributed by atoms with Crippen molar-refractivity contribution in [1.82, 2.24) is 0 Å². The van der Waals surface area contributed by atoms with Gasteiger partial charge in [-0.2, -0.15) is 0 Å². The first kappa shape index (κ1) is 12.6. The van der Waals surface area contributed by atoms with Crippen molar-refractivity contribution < 1.29 is 4.79 Å². The number of benzene rings is 2. The van der Waals surface area contributed by atoms with Crippen LogP contribution in [-0.2, 0) is 0 Å². The van der Waals surface area contributed by atoms with Gasteiger partial charge in [-0.15, -0.1) is 0 Å². The molecule has 0 radical (unpaired) electrons. The number of rotatable bonds is 3. The Morgan fingerprint density at radius 3 is 2.44 bits per heavy atom. The number of hydrogen-bond donors (Lipinski definition) is 0. The standard InChI is InChI=1S/C17H18O/c1-12(2)15-5-4-6-16(10-15)17-8-13(3)7-14(9-17)11-18/h4-12H,1-3H3. The lowest BCUT2D eigenvalue weighted by Crippen LogP contribution is -1.89. The molecule has 2 aromatic rings. The van der Waals surface area contributed by atoms with E-state index < -0.39 is 0 Å². The van der Waals surface area contributed by atoms with E-state index in [-0.39, 0.29) is 0 Å². The summed E-state index contributed by atoms with van der Waals surface area (Å²) in [5.41, 5.74) is 5.46. The van der Waals surface area contributed by atoms with Crippen LogP contribution in [0, 0.1) is 6.92 Å². The fourth-order valence-corrected chi connectivity index (χ4v) is 2.12. The largest absolute Gasteiger partial charge is 0.298 e. The second-order valence-electron chi connectivity index (χ2n) is 5.03. The molecule has 0 aliphatic heterocycles. The highest BCUT2D eigenvalue weighted by Gasteiger charge is 2.04. The molecule has 2 rings (SSSR count). The van der Waals surface area contributed by atoms with Gasteiger partial charge in [-0.05, 0) is 47.2 Å². The van der Waals surface area contributed by atoms with Crippen LogP contribution in [-0.4, -0.2) is 6.29 Å². The topological polar surface area (TPSA) is 17.1 Å². The van der Waals surface area contributed by atoms with E-state index in [4.69, 9.17) is 0 Å². The van der Waals surface area contributed by atoms with E-state index in [0.717, 1.165) is 23.0 Å². The van der Waals surface area contributed by atoms with Gasteiger partial charge >= 0.3 is 0 Å². The van der Waals surface area contributed by atoms with Crippen LogP contribution < -0.4 is 0 Å². The van der Waals surface area contributed by atoms with Crippen LogP contribution in [0.25, 0.3) is 11.1 Å². The summed E-state index contributed by atoms with van der Waals surface area (Å²) in [6.07, 6.45) is 0.906. The third-order valence-corrected chi connectivity index (χ3v) is 3.12. The molecule has 0 amide bonds. The van der Waals surface area contributed by atoms with Crippen molar-refractivity contribution in [1.29, 1.82) is 0 Å². The second-order valence-corrected chi connectivity index (χ2v) is 5.03. The van der Waals surface area contributed by atoms with Gasteiger partial charge in [0.2, 0.25) is 0 Å². The van der Waals surface area contributed by atoms with E-state index in [1.165, 1.54) is 11.1 Å². The molecule has 0 saturated carbocycles. The molecule has 0 aliphatic rings. The lowest BCUT2D eigenvalue weighted by atomic mass is 9.96. The van der Waals surface area contributed by atoms with E-state index in [9.17, 15) is 4.79 Å². The van der Waals surface area contributed by atoms with Gasteiger partial charge in [-0.1, -0.05) is 44.2 Å². The van der Waals surface area contributed by atoms with Gasteiger partial charge < -0.3 is 0 Å². The molecule has 0 spiro atoms. The lowest BCUT2D eigenvalue weighted by molar-refractivity contribution is 0.112. The highest BCUT2D eigenvalue weighted by Crippen LogP contribution is 2.25. The minimum Gasteiger partial charge on any atom is -0.298 e. The SMILES string of the molecule is Cc1cc(C=O)cc(-c2cccc(C(C)C)c2)c1. The van der Waals surface area contributed by atoms with Gasteiger partial charge in [0, 0.05) is 5.56 Å². The summed E-state index contributed by atoms with van der Waals surface area (Å²) >= 11 is 0. The van der Waals surface area contributed by atoms with Crippen molar-refractivity contribution in [3.05, 3.63) is 59.2 Å². The molecule has 2 aromatic carbocycles. The summed E-state index contributed by atoms with van der Waals surface area (Å²) in [5.74, 6) is 0.514. The molecule has 0 heterocycles. The maximum absolute atomic E-state index is 10.9. The molecule has 0 saturated heterocycles. The molecule has 0 bridgehead atoms. The Morgan fingerprint density at radius 2 is 1.78 bits per heavy atom. The van der Waals surface area contributed by atoms with E-state index >= 15 is 0 Å². The van der Waals surface area contributed by atoms with E-state index in [2.05, 4.69) is 44.2 Å². The second kappa shape index (κ2) is 5.18. The molecule has 0 aromatic heterocycles. The first-order valence-electron chi connectivity index (χ1n) is 6.27. The van der Waals surface area contributed by atoms with Crippen molar-refractivity contribution in [2.24, 2.45) is 0 Å². The minimum absolute atomic E-state index is 0.514. The predicted molar refractivity (Wildman–Crippen MR) is 76.1 cm³/mol. The summed E-state index contributed by atoms with van der Waals surface area (Å²) in [6, 6.07) is 14.5. The quantitative estimate of drug-likeness (QED) is 0.714. The van der Waals surface area contributed by atoms with E-state index in [1.807, 2.05) is 19.1 Å². The van der Waals surface area contributed by atoms with Gasteiger partial charge in [-0.25, -0.2) is 0 Å². The van der Waals surface area contributed by atoms with Crippen LogP contribution in [0.4, 0.5) is 0 Å². The van der Waals surface area contributed by atoms with E-state index in [1.54, 1.807) is 0 Å². The first-order chi connectivity index (χ1) is 8.60. The van der Waals surface area contributed by atoms with E-state index in [0.29, 0.717) is 5.92 Å². The number of carbonyl (C=O) groups is 1.